The highest BCUT2D eigenvalue weighted by molar-refractivity contribution is 8.13. The average Bonchev–Trinajstić information content (AvgIpc) is 2.35. The number of hydrogen-bond donors (Lipinski definition) is 0. The second kappa shape index (κ2) is 5.96. The van der Waals surface area contributed by atoms with Gasteiger partial charge in [0, 0.05) is 23.8 Å². The van der Waals surface area contributed by atoms with Gasteiger partial charge in [0.15, 0.2) is 0 Å². The zero-order chi connectivity index (χ0) is 14.7. The molecule has 0 spiro atoms. The SMILES string of the molecule is COC(=O)N1CCC(CS(=O)(=O)Cl)(C(=O)OC)CC1. The van der Waals surface area contributed by atoms with Crippen molar-refractivity contribution in [3.8, 4) is 0 Å². The Bertz CT molecular complexity index is 455. The number of likely N-dealkylation sites (tertiary alicyclic amines) is 1. The maximum atomic E-state index is 11.8. The summed E-state index contributed by atoms with van der Waals surface area (Å²) >= 11 is 0. The third-order valence-corrected chi connectivity index (χ3v) is 4.45. The van der Waals surface area contributed by atoms with Crippen molar-refractivity contribution in [1.82, 2.24) is 4.90 Å². The minimum atomic E-state index is -3.84. The largest absolute Gasteiger partial charge is 0.469 e. The summed E-state index contributed by atoms with van der Waals surface area (Å²) in [6.07, 6.45) is -0.172. The van der Waals surface area contributed by atoms with Gasteiger partial charge in [-0.1, -0.05) is 0 Å². The van der Waals surface area contributed by atoms with Crippen LogP contribution in [0, 0.1) is 5.41 Å². The number of carbonyl (C=O) groups is 2. The Morgan fingerprint density at radius 2 is 1.74 bits per heavy atom. The monoisotopic (exact) mass is 313 g/mol. The molecule has 0 aromatic carbocycles. The van der Waals surface area contributed by atoms with Crippen LogP contribution in [0.5, 0.6) is 0 Å². The molecular formula is C10H16ClNO6S. The van der Waals surface area contributed by atoms with Crippen LogP contribution in [-0.2, 0) is 23.3 Å². The topological polar surface area (TPSA) is 90.0 Å². The van der Waals surface area contributed by atoms with Crippen molar-refractivity contribution in [2.45, 2.75) is 12.8 Å². The molecule has 0 atom stereocenters. The molecule has 110 valence electrons. The van der Waals surface area contributed by atoms with Gasteiger partial charge in [-0.2, -0.15) is 0 Å². The number of carbonyl (C=O) groups excluding carboxylic acids is 2. The zero-order valence-corrected chi connectivity index (χ0v) is 12.3. The zero-order valence-electron chi connectivity index (χ0n) is 10.7. The average molecular weight is 314 g/mol. The van der Waals surface area contributed by atoms with E-state index in [0.717, 1.165) is 0 Å². The Morgan fingerprint density at radius 3 is 2.11 bits per heavy atom. The number of nitrogens with zero attached hydrogens (tertiary/aromatic N) is 1. The van der Waals surface area contributed by atoms with Crippen molar-refractivity contribution in [3.05, 3.63) is 0 Å². The quantitative estimate of drug-likeness (QED) is 0.559. The van der Waals surface area contributed by atoms with E-state index in [1.807, 2.05) is 0 Å². The maximum Gasteiger partial charge on any atom is 0.409 e. The molecule has 1 aliphatic rings. The van der Waals surface area contributed by atoms with Crippen molar-refractivity contribution in [2.75, 3.05) is 33.1 Å². The summed E-state index contributed by atoms with van der Waals surface area (Å²) in [6, 6.07) is 0. The second-order valence-corrected chi connectivity index (χ2v) is 7.19. The first-order valence-corrected chi connectivity index (χ1v) is 8.05. The van der Waals surface area contributed by atoms with Crippen molar-refractivity contribution >= 4 is 31.8 Å². The summed E-state index contributed by atoms with van der Waals surface area (Å²) in [4.78, 5) is 24.6. The van der Waals surface area contributed by atoms with E-state index in [2.05, 4.69) is 9.47 Å². The van der Waals surface area contributed by atoms with Crippen LogP contribution in [0.25, 0.3) is 0 Å². The fourth-order valence-electron chi connectivity index (χ4n) is 2.20. The molecule has 0 bridgehead atoms. The molecule has 1 saturated heterocycles. The minimum Gasteiger partial charge on any atom is -0.469 e. The van der Waals surface area contributed by atoms with Crippen molar-refractivity contribution in [3.63, 3.8) is 0 Å². The Morgan fingerprint density at radius 1 is 1.21 bits per heavy atom. The van der Waals surface area contributed by atoms with Gasteiger partial charge in [0.2, 0.25) is 9.05 Å². The summed E-state index contributed by atoms with van der Waals surface area (Å²) in [5.74, 6) is -1.12. The molecule has 9 heteroatoms. The van der Waals surface area contributed by atoms with Crippen molar-refractivity contribution < 1.29 is 27.5 Å². The first-order valence-electron chi connectivity index (χ1n) is 5.58. The summed E-state index contributed by atoms with van der Waals surface area (Å²) in [7, 11) is 3.85. The molecule has 0 N–H and O–H groups in total. The molecule has 1 fully saturated rings. The number of esters is 1. The van der Waals surface area contributed by atoms with E-state index in [1.165, 1.54) is 19.1 Å². The number of piperidine rings is 1. The lowest BCUT2D eigenvalue weighted by atomic mass is 9.80. The van der Waals surface area contributed by atoms with Gasteiger partial charge in [0.05, 0.1) is 25.4 Å². The van der Waals surface area contributed by atoms with Crippen molar-refractivity contribution in [2.24, 2.45) is 5.41 Å². The standard InChI is InChI=1S/C10H16ClNO6S/c1-17-8(13)10(7-19(11,15)16)3-5-12(6-4-10)9(14)18-2/h3-7H2,1-2H3. The van der Waals surface area contributed by atoms with E-state index in [9.17, 15) is 18.0 Å². The molecule has 0 saturated carbocycles. The number of halogens is 1. The number of amides is 1. The van der Waals surface area contributed by atoms with Crippen LogP contribution in [0.15, 0.2) is 0 Å². The maximum absolute atomic E-state index is 11.8. The molecular weight excluding hydrogens is 298 g/mol. The minimum absolute atomic E-state index is 0.167. The molecule has 0 aromatic rings. The van der Waals surface area contributed by atoms with Crippen LogP contribution in [0.4, 0.5) is 4.79 Å². The highest BCUT2D eigenvalue weighted by Gasteiger charge is 2.46. The fraction of sp³-hybridized carbons (Fsp3) is 0.800. The molecule has 1 aliphatic heterocycles. The smallest absolute Gasteiger partial charge is 0.409 e. The Balaban J connectivity index is 2.87. The highest BCUT2D eigenvalue weighted by Crippen LogP contribution is 2.35. The van der Waals surface area contributed by atoms with Crippen LogP contribution < -0.4 is 0 Å². The Kier molecular flexibility index (Phi) is 5.03. The van der Waals surface area contributed by atoms with Crippen LogP contribution in [-0.4, -0.2) is 58.4 Å². The van der Waals surface area contributed by atoms with Crippen LogP contribution >= 0.6 is 10.7 Å². The summed E-state index contributed by atoms with van der Waals surface area (Å²) in [5.41, 5.74) is -1.19. The summed E-state index contributed by atoms with van der Waals surface area (Å²) < 4.78 is 31.7. The third kappa shape index (κ3) is 3.97. The number of hydrogen-bond acceptors (Lipinski definition) is 6. The molecule has 7 nitrogen and oxygen atoms in total. The van der Waals surface area contributed by atoms with E-state index in [4.69, 9.17) is 10.7 Å². The molecule has 19 heavy (non-hydrogen) atoms. The van der Waals surface area contributed by atoms with Gasteiger partial charge in [-0.3, -0.25) is 4.79 Å². The van der Waals surface area contributed by atoms with E-state index < -0.39 is 32.3 Å². The molecule has 0 aromatic heterocycles. The molecule has 1 heterocycles. The van der Waals surface area contributed by atoms with E-state index in [1.54, 1.807) is 0 Å². The lowest BCUT2D eigenvalue weighted by molar-refractivity contribution is -0.154. The molecule has 1 rings (SSSR count). The Hall–Kier alpha value is -1.02. The Labute approximate surface area is 116 Å². The molecule has 1 amide bonds. The summed E-state index contributed by atoms with van der Waals surface area (Å²) in [6.45, 7) is 0.433. The molecule has 0 radical (unpaired) electrons. The van der Waals surface area contributed by atoms with Crippen LogP contribution in [0.3, 0.4) is 0 Å². The predicted molar refractivity (Wildman–Crippen MR) is 67.3 cm³/mol. The summed E-state index contributed by atoms with van der Waals surface area (Å²) in [5, 5.41) is 0. The third-order valence-electron chi connectivity index (χ3n) is 3.22. The molecule has 0 unspecified atom stereocenters. The van der Waals surface area contributed by atoms with Gasteiger partial charge in [-0.05, 0) is 12.8 Å². The van der Waals surface area contributed by atoms with Gasteiger partial charge < -0.3 is 14.4 Å². The normalized spacial score (nSPS) is 18.8. The van der Waals surface area contributed by atoms with Crippen molar-refractivity contribution in [1.29, 1.82) is 0 Å². The number of rotatable bonds is 3. The lowest BCUT2D eigenvalue weighted by Crippen LogP contribution is -2.49. The van der Waals surface area contributed by atoms with Gasteiger partial charge in [-0.25, -0.2) is 13.2 Å². The van der Waals surface area contributed by atoms with E-state index in [-0.39, 0.29) is 25.9 Å². The first kappa shape index (κ1) is 16.0. The number of methoxy groups -OCH3 is 2. The first-order chi connectivity index (χ1) is 8.74. The highest BCUT2D eigenvalue weighted by atomic mass is 35.7. The van der Waals surface area contributed by atoms with Gasteiger partial charge in [-0.15, -0.1) is 0 Å². The van der Waals surface area contributed by atoms with Gasteiger partial charge >= 0.3 is 12.1 Å². The van der Waals surface area contributed by atoms with Gasteiger partial charge in [0.1, 0.15) is 0 Å². The molecule has 0 aliphatic carbocycles. The lowest BCUT2D eigenvalue weighted by Gasteiger charge is -2.38. The van der Waals surface area contributed by atoms with Crippen LogP contribution in [0.1, 0.15) is 12.8 Å². The van der Waals surface area contributed by atoms with Crippen LogP contribution in [0.2, 0.25) is 0 Å². The van der Waals surface area contributed by atoms with E-state index >= 15 is 0 Å². The van der Waals surface area contributed by atoms with Gasteiger partial charge in [0.25, 0.3) is 0 Å². The number of ether oxygens (including phenoxy) is 2. The predicted octanol–water partition coefficient (Wildman–Crippen LogP) is 0.577. The fourth-order valence-corrected chi connectivity index (χ4v) is 3.89. The van der Waals surface area contributed by atoms with E-state index in [0.29, 0.717) is 0 Å². The second-order valence-electron chi connectivity index (χ2n) is 4.41.